The monoisotopic (exact) mass is 430 g/mol. The lowest BCUT2D eigenvalue weighted by Gasteiger charge is -2.35. The maximum atomic E-state index is 12.3. The van der Waals surface area contributed by atoms with Gasteiger partial charge in [-0.15, -0.1) is 5.06 Å². The van der Waals surface area contributed by atoms with Crippen LogP contribution >= 0.6 is 15.9 Å². The van der Waals surface area contributed by atoms with Gasteiger partial charge in [-0.1, -0.05) is 40.2 Å². The van der Waals surface area contributed by atoms with Gasteiger partial charge in [0.05, 0.1) is 6.04 Å². The lowest BCUT2D eigenvalue weighted by Crippen LogP contribution is -2.45. The lowest BCUT2D eigenvalue weighted by atomic mass is 9.95. The summed E-state index contributed by atoms with van der Waals surface area (Å²) in [5, 5.41) is 1.80. The quantitative estimate of drug-likeness (QED) is 0.622. The smallest absolute Gasteiger partial charge is 0.427 e. The molecule has 2 atom stereocenters. The van der Waals surface area contributed by atoms with Gasteiger partial charge in [-0.3, -0.25) is 0 Å². The van der Waals surface area contributed by atoms with Crippen molar-refractivity contribution in [1.82, 2.24) is 5.06 Å². The summed E-state index contributed by atoms with van der Waals surface area (Å²) in [4.78, 5) is 20.3. The number of carbonyl (C=O) groups excluding carboxylic acids is 1. The third-order valence-electron chi connectivity index (χ3n) is 4.85. The SMILES string of the molecule is CC(C)(C)OC(=O)ON1[C@H]2CN(c3ccccc3)[C@@H]1Cc1cc(Br)ccc12. The molecule has 0 aromatic heterocycles. The number of hydroxylamine groups is 2. The Kier molecular flexibility index (Phi) is 4.64. The molecule has 2 bridgehead atoms. The molecule has 4 rings (SSSR count). The summed E-state index contributed by atoms with van der Waals surface area (Å²) in [6.07, 6.45) is 0.0443. The Hall–Kier alpha value is -2.05. The van der Waals surface area contributed by atoms with Crippen molar-refractivity contribution in [2.75, 3.05) is 11.4 Å². The Morgan fingerprint density at radius 3 is 2.59 bits per heavy atom. The Labute approximate surface area is 167 Å². The number of ether oxygens (including phenoxy) is 1. The standard InChI is InChI=1S/C21H23BrN2O3/c1-21(2,3)26-20(25)27-24-18-13-23(16-7-5-4-6-8-16)19(24)12-14-11-15(22)9-10-17(14)18/h4-11,18-19H,12-13H2,1-3H3/t18-,19-/m0/s1. The fourth-order valence-electron chi connectivity index (χ4n) is 3.82. The third kappa shape index (κ3) is 3.69. The number of halogens is 1. The van der Waals surface area contributed by atoms with Crippen LogP contribution in [0.4, 0.5) is 10.5 Å². The second-order valence-electron chi connectivity index (χ2n) is 7.95. The number of fused-ring (bicyclic) bond motifs is 4. The first kappa shape index (κ1) is 18.3. The average molecular weight is 431 g/mol. The van der Waals surface area contributed by atoms with Crippen molar-refractivity contribution < 1.29 is 14.4 Å². The zero-order chi connectivity index (χ0) is 19.2. The zero-order valence-electron chi connectivity index (χ0n) is 15.7. The molecule has 1 saturated heterocycles. The molecule has 0 saturated carbocycles. The fourth-order valence-corrected chi connectivity index (χ4v) is 4.23. The van der Waals surface area contributed by atoms with E-state index in [2.05, 4.69) is 45.1 Å². The molecule has 1 fully saturated rings. The minimum Gasteiger partial charge on any atom is -0.427 e. The molecule has 2 aromatic carbocycles. The van der Waals surface area contributed by atoms with E-state index in [1.165, 1.54) is 11.1 Å². The van der Waals surface area contributed by atoms with Crippen molar-refractivity contribution in [2.24, 2.45) is 0 Å². The van der Waals surface area contributed by atoms with Crippen LogP contribution in [0.25, 0.3) is 0 Å². The van der Waals surface area contributed by atoms with Crippen molar-refractivity contribution in [1.29, 1.82) is 0 Å². The number of benzene rings is 2. The predicted octanol–water partition coefficient (Wildman–Crippen LogP) is 5.06. The highest BCUT2D eigenvalue weighted by atomic mass is 79.9. The van der Waals surface area contributed by atoms with Crippen molar-refractivity contribution in [2.45, 2.75) is 45.0 Å². The summed E-state index contributed by atoms with van der Waals surface area (Å²) < 4.78 is 6.45. The van der Waals surface area contributed by atoms with E-state index in [-0.39, 0.29) is 12.2 Å². The van der Waals surface area contributed by atoms with Crippen molar-refractivity contribution in [3.05, 3.63) is 64.1 Å². The Balaban J connectivity index is 1.66. The van der Waals surface area contributed by atoms with Crippen LogP contribution in [-0.2, 0) is 16.0 Å². The molecule has 0 aliphatic carbocycles. The summed E-state index contributed by atoms with van der Waals surface area (Å²) in [6, 6.07) is 16.5. The highest BCUT2D eigenvalue weighted by Gasteiger charge is 2.48. The van der Waals surface area contributed by atoms with Gasteiger partial charge in [-0.2, -0.15) is 0 Å². The topological polar surface area (TPSA) is 42.0 Å². The normalized spacial score (nSPS) is 21.7. The van der Waals surface area contributed by atoms with Gasteiger partial charge >= 0.3 is 6.16 Å². The van der Waals surface area contributed by atoms with E-state index in [9.17, 15) is 4.79 Å². The summed E-state index contributed by atoms with van der Waals surface area (Å²) in [5.74, 6) is 0. The first-order valence-electron chi connectivity index (χ1n) is 9.11. The van der Waals surface area contributed by atoms with Crippen LogP contribution in [0.5, 0.6) is 0 Å². The van der Waals surface area contributed by atoms with Gasteiger partial charge in [0.15, 0.2) is 0 Å². The molecule has 2 aliphatic rings. The molecule has 6 heteroatoms. The van der Waals surface area contributed by atoms with Gasteiger partial charge < -0.3 is 14.5 Å². The van der Waals surface area contributed by atoms with E-state index >= 15 is 0 Å². The van der Waals surface area contributed by atoms with Crippen LogP contribution in [0.15, 0.2) is 53.0 Å². The molecular formula is C21H23BrN2O3. The van der Waals surface area contributed by atoms with Gasteiger partial charge in [0.25, 0.3) is 0 Å². The largest absolute Gasteiger partial charge is 0.528 e. The number of hydrogen-bond acceptors (Lipinski definition) is 5. The minimum absolute atomic E-state index is 0.0282. The number of para-hydroxylation sites is 1. The van der Waals surface area contributed by atoms with Crippen LogP contribution in [0.1, 0.15) is 37.9 Å². The van der Waals surface area contributed by atoms with E-state index in [1.807, 2.05) is 45.0 Å². The second kappa shape index (κ2) is 6.84. The van der Waals surface area contributed by atoms with Gasteiger partial charge in [0.1, 0.15) is 11.8 Å². The van der Waals surface area contributed by atoms with Crippen molar-refractivity contribution in [3.8, 4) is 0 Å². The maximum absolute atomic E-state index is 12.3. The first-order chi connectivity index (χ1) is 12.8. The molecule has 0 radical (unpaired) electrons. The number of hydrogen-bond donors (Lipinski definition) is 0. The number of rotatable bonds is 2. The fraction of sp³-hybridized carbons (Fsp3) is 0.381. The molecule has 142 valence electrons. The van der Waals surface area contributed by atoms with Gasteiger partial charge in [0.2, 0.25) is 0 Å². The van der Waals surface area contributed by atoms with Crippen LogP contribution in [0.2, 0.25) is 0 Å². The van der Waals surface area contributed by atoms with Crippen LogP contribution in [0.3, 0.4) is 0 Å². The third-order valence-corrected chi connectivity index (χ3v) is 5.35. The van der Waals surface area contributed by atoms with Crippen LogP contribution < -0.4 is 4.90 Å². The van der Waals surface area contributed by atoms with Gasteiger partial charge in [-0.25, -0.2) is 4.79 Å². The van der Waals surface area contributed by atoms with E-state index in [0.717, 1.165) is 23.1 Å². The van der Waals surface area contributed by atoms with Crippen LogP contribution in [0, 0.1) is 0 Å². The lowest BCUT2D eigenvalue weighted by molar-refractivity contribution is -0.175. The minimum atomic E-state index is -0.659. The number of anilines is 1. The first-order valence-corrected chi connectivity index (χ1v) is 9.90. The molecule has 27 heavy (non-hydrogen) atoms. The van der Waals surface area contributed by atoms with Crippen LogP contribution in [-0.4, -0.2) is 29.5 Å². The molecule has 2 aliphatic heterocycles. The number of carbonyl (C=O) groups is 1. The Morgan fingerprint density at radius 1 is 1.15 bits per heavy atom. The molecular weight excluding hydrogens is 408 g/mol. The van der Waals surface area contributed by atoms with Gasteiger partial charge in [0, 0.05) is 23.1 Å². The molecule has 0 spiro atoms. The highest BCUT2D eigenvalue weighted by molar-refractivity contribution is 9.10. The Bertz CT molecular complexity index is 850. The average Bonchev–Trinajstić information content (AvgIpc) is 2.83. The molecule has 0 N–H and O–H groups in total. The summed E-state index contributed by atoms with van der Waals surface area (Å²) >= 11 is 3.57. The highest BCUT2D eigenvalue weighted by Crippen LogP contribution is 2.43. The van der Waals surface area contributed by atoms with E-state index in [1.54, 1.807) is 5.06 Å². The van der Waals surface area contributed by atoms with Crippen molar-refractivity contribution in [3.63, 3.8) is 0 Å². The molecule has 2 aromatic rings. The summed E-state index contributed by atoms with van der Waals surface area (Å²) in [7, 11) is 0. The predicted molar refractivity (Wildman–Crippen MR) is 107 cm³/mol. The molecule has 2 heterocycles. The second-order valence-corrected chi connectivity index (χ2v) is 8.86. The number of nitrogens with zero attached hydrogens (tertiary/aromatic N) is 2. The van der Waals surface area contributed by atoms with E-state index in [0.29, 0.717) is 0 Å². The maximum Gasteiger partial charge on any atom is 0.528 e. The Morgan fingerprint density at radius 2 is 1.89 bits per heavy atom. The summed E-state index contributed by atoms with van der Waals surface area (Å²) in [5.41, 5.74) is 3.00. The van der Waals surface area contributed by atoms with E-state index in [4.69, 9.17) is 9.57 Å². The molecule has 5 nitrogen and oxygen atoms in total. The van der Waals surface area contributed by atoms with E-state index < -0.39 is 11.8 Å². The van der Waals surface area contributed by atoms with Gasteiger partial charge in [-0.05, 0) is 56.2 Å². The zero-order valence-corrected chi connectivity index (χ0v) is 17.3. The molecule has 0 amide bonds. The summed E-state index contributed by atoms with van der Waals surface area (Å²) in [6.45, 7) is 6.26. The van der Waals surface area contributed by atoms with Crippen molar-refractivity contribution >= 4 is 27.8 Å². The molecule has 0 unspecified atom stereocenters.